The molecule has 1 aromatic heterocycles. The number of halogens is 1. The Morgan fingerprint density at radius 3 is 2.33 bits per heavy atom. The van der Waals surface area contributed by atoms with Crippen LogP contribution in [0.2, 0.25) is 5.02 Å². The maximum absolute atomic E-state index is 12.0. The van der Waals surface area contributed by atoms with Gasteiger partial charge in [-0.15, -0.1) is 0 Å². The minimum Gasteiger partial charge on any atom is -0.454 e. The van der Waals surface area contributed by atoms with Gasteiger partial charge < -0.3 is 14.2 Å². The van der Waals surface area contributed by atoms with Crippen LogP contribution in [0.3, 0.4) is 0 Å². The first-order valence-electron chi connectivity index (χ1n) is 11.1. The first kappa shape index (κ1) is 24.8. The third-order valence-corrected chi connectivity index (χ3v) is 5.97. The fraction of sp³-hybridized carbons (Fsp3) is 0.480. The summed E-state index contributed by atoms with van der Waals surface area (Å²) in [6.07, 6.45) is 1.51. The molecule has 2 unspecified atom stereocenters. The van der Waals surface area contributed by atoms with Crippen LogP contribution in [0.4, 0.5) is 4.79 Å². The van der Waals surface area contributed by atoms with Gasteiger partial charge in [0.25, 0.3) is 0 Å². The van der Waals surface area contributed by atoms with Crippen LogP contribution in [0.25, 0.3) is 11.3 Å². The minimum atomic E-state index is -0.783. The van der Waals surface area contributed by atoms with Crippen molar-refractivity contribution in [3.05, 3.63) is 51.8 Å². The standard InChI is InChI=1S/C25H32ClN3O4/c1-8-15(2)33-24(30)32-14-31-23(22-21(26)16(3)28-29(22)7)20(19-13-27-19)17-9-11-18(12-10-17)25(4,5)6/h9-13,15,19H,8,14H2,1-7H3/b23-20+. The Labute approximate surface area is 200 Å². The van der Waals surface area contributed by atoms with Gasteiger partial charge in [-0.2, -0.15) is 5.10 Å². The molecule has 1 aromatic carbocycles. The molecule has 178 valence electrons. The van der Waals surface area contributed by atoms with Gasteiger partial charge in [-0.3, -0.25) is 9.67 Å². The number of aryl methyl sites for hydroxylation is 2. The molecule has 2 heterocycles. The highest BCUT2D eigenvalue weighted by atomic mass is 35.5. The Bertz CT molecular complexity index is 1060. The molecule has 1 aliphatic rings. The maximum Gasteiger partial charge on any atom is 0.511 e. The van der Waals surface area contributed by atoms with E-state index < -0.39 is 6.16 Å². The molecular formula is C25H32ClN3O4. The van der Waals surface area contributed by atoms with Gasteiger partial charge in [0.2, 0.25) is 6.79 Å². The predicted octanol–water partition coefficient (Wildman–Crippen LogP) is 5.93. The Hall–Kier alpha value is -2.80. The number of carbonyl (C=O) groups is 1. The summed E-state index contributed by atoms with van der Waals surface area (Å²) in [6.45, 7) is 11.7. The molecule has 8 heteroatoms. The van der Waals surface area contributed by atoms with Crippen LogP contribution < -0.4 is 0 Å². The number of hydrogen-bond acceptors (Lipinski definition) is 6. The van der Waals surface area contributed by atoms with Crippen LogP contribution >= 0.6 is 11.6 Å². The summed E-state index contributed by atoms with van der Waals surface area (Å²) >= 11 is 6.61. The lowest BCUT2D eigenvalue weighted by Gasteiger charge is -2.21. The molecule has 0 fully saturated rings. The number of hydrogen-bond donors (Lipinski definition) is 0. The van der Waals surface area contributed by atoms with Crippen LogP contribution in [-0.4, -0.2) is 41.1 Å². The zero-order valence-corrected chi connectivity index (χ0v) is 21.1. The molecule has 33 heavy (non-hydrogen) atoms. The summed E-state index contributed by atoms with van der Waals surface area (Å²) in [7, 11) is 1.80. The molecule has 7 nitrogen and oxygen atoms in total. The molecule has 1 aliphatic heterocycles. The molecule has 0 N–H and O–H groups in total. The van der Waals surface area contributed by atoms with Crippen molar-refractivity contribution in [1.29, 1.82) is 0 Å². The van der Waals surface area contributed by atoms with Gasteiger partial charge in [-0.05, 0) is 36.8 Å². The SMILES string of the molecule is CCC(C)OC(=O)OCO/C(=C(\c1ccc(C(C)(C)C)cc1)C1C=N1)c1c(Cl)c(C)nn1C. The van der Waals surface area contributed by atoms with Gasteiger partial charge in [0.15, 0.2) is 5.76 Å². The Kier molecular flexibility index (Phi) is 7.52. The summed E-state index contributed by atoms with van der Waals surface area (Å²) in [5.74, 6) is 0.463. The molecule has 2 aromatic rings. The molecule has 0 saturated heterocycles. The molecule has 0 spiro atoms. The van der Waals surface area contributed by atoms with E-state index in [4.69, 9.17) is 25.8 Å². The van der Waals surface area contributed by atoms with E-state index in [2.05, 4.69) is 55.1 Å². The second-order valence-corrected chi connectivity index (χ2v) is 9.56. The van der Waals surface area contributed by atoms with Crippen molar-refractivity contribution in [2.45, 2.75) is 65.5 Å². The summed E-state index contributed by atoms with van der Waals surface area (Å²) in [6, 6.07) is 8.15. The van der Waals surface area contributed by atoms with E-state index in [1.165, 1.54) is 5.56 Å². The largest absolute Gasteiger partial charge is 0.511 e. The van der Waals surface area contributed by atoms with E-state index in [0.29, 0.717) is 28.6 Å². The molecule has 2 atom stereocenters. The second kappa shape index (κ2) is 10.00. The van der Waals surface area contributed by atoms with Crippen molar-refractivity contribution >= 4 is 35.3 Å². The number of aliphatic imine (C=N–C) groups is 1. The third-order valence-electron chi connectivity index (χ3n) is 5.52. The van der Waals surface area contributed by atoms with E-state index in [0.717, 1.165) is 11.1 Å². The maximum atomic E-state index is 12.0. The first-order chi connectivity index (χ1) is 15.5. The van der Waals surface area contributed by atoms with Crippen molar-refractivity contribution in [1.82, 2.24) is 9.78 Å². The zero-order valence-electron chi connectivity index (χ0n) is 20.3. The number of nitrogens with zero attached hydrogens (tertiary/aromatic N) is 3. The van der Waals surface area contributed by atoms with Crippen LogP contribution in [-0.2, 0) is 26.7 Å². The normalized spacial score (nSPS) is 16.8. The highest BCUT2D eigenvalue weighted by Gasteiger charge is 2.30. The summed E-state index contributed by atoms with van der Waals surface area (Å²) in [5.41, 5.74) is 4.29. The van der Waals surface area contributed by atoms with Crippen LogP contribution in [0, 0.1) is 6.92 Å². The zero-order chi connectivity index (χ0) is 24.3. The Morgan fingerprint density at radius 1 is 1.21 bits per heavy atom. The van der Waals surface area contributed by atoms with Crippen LogP contribution in [0.1, 0.15) is 63.6 Å². The smallest absolute Gasteiger partial charge is 0.454 e. The molecular weight excluding hydrogens is 442 g/mol. The van der Waals surface area contributed by atoms with Gasteiger partial charge in [0.05, 0.1) is 10.7 Å². The Morgan fingerprint density at radius 2 is 1.85 bits per heavy atom. The molecule has 0 amide bonds. The predicted molar refractivity (Wildman–Crippen MR) is 130 cm³/mol. The average molecular weight is 474 g/mol. The van der Waals surface area contributed by atoms with Gasteiger partial charge in [0.1, 0.15) is 17.8 Å². The van der Waals surface area contributed by atoms with Gasteiger partial charge in [0, 0.05) is 18.8 Å². The first-order valence-corrected chi connectivity index (χ1v) is 11.4. The lowest BCUT2D eigenvalue weighted by atomic mass is 9.86. The topological polar surface area (TPSA) is 74.9 Å². The van der Waals surface area contributed by atoms with E-state index in [-0.39, 0.29) is 24.4 Å². The molecule has 0 bridgehead atoms. The number of rotatable bonds is 8. The molecule has 0 saturated carbocycles. The van der Waals surface area contributed by atoms with Crippen LogP contribution in [0.15, 0.2) is 29.3 Å². The fourth-order valence-corrected chi connectivity index (χ4v) is 3.59. The monoisotopic (exact) mass is 473 g/mol. The summed E-state index contributed by atoms with van der Waals surface area (Å²) in [4.78, 5) is 16.4. The van der Waals surface area contributed by atoms with Crippen molar-refractivity contribution in [3.63, 3.8) is 0 Å². The molecule has 0 aliphatic carbocycles. The van der Waals surface area contributed by atoms with Gasteiger partial charge in [-0.1, -0.05) is 63.6 Å². The third kappa shape index (κ3) is 5.96. The lowest BCUT2D eigenvalue weighted by Crippen LogP contribution is -2.17. The molecule has 0 radical (unpaired) electrons. The number of ether oxygens (including phenoxy) is 3. The van der Waals surface area contributed by atoms with Crippen molar-refractivity contribution in [3.8, 4) is 0 Å². The minimum absolute atomic E-state index is 0.0318. The Balaban J connectivity index is 1.99. The van der Waals surface area contributed by atoms with Crippen molar-refractivity contribution in [2.24, 2.45) is 12.0 Å². The molecule has 3 rings (SSSR count). The second-order valence-electron chi connectivity index (χ2n) is 9.18. The fourth-order valence-electron chi connectivity index (χ4n) is 3.35. The average Bonchev–Trinajstić information content (AvgIpc) is 3.54. The highest BCUT2D eigenvalue weighted by Crippen LogP contribution is 2.38. The van der Waals surface area contributed by atoms with Crippen LogP contribution in [0.5, 0.6) is 0 Å². The number of carbonyl (C=O) groups excluding carboxylic acids is 1. The highest BCUT2D eigenvalue weighted by molar-refractivity contribution is 6.33. The van der Waals surface area contributed by atoms with E-state index in [1.807, 2.05) is 20.1 Å². The lowest BCUT2D eigenvalue weighted by molar-refractivity contribution is -0.0207. The van der Waals surface area contributed by atoms with Gasteiger partial charge >= 0.3 is 6.16 Å². The van der Waals surface area contributed by atoms with Gasteiger partial charge in [-0.25, -0.2) is 4.79 Å². The number of benzene rings is 1. The van der Waals surface area contributed by atoms with Crippen molar-refractivity contribution in [2.75, 3.05) is 6.79 Å². The van der Waals surface area contributed by atoms with Crippen molar-refractivity contribution < 1.29 is 19.0 Å². The summed E-state index contributed by atoms with van der Waals surface area (Å²) in [5, 5.41) is 4.90. The van der Waals surface area contributed by atoms with E-state index in [9.17, 15) is 4.79 Å². The number of aromatic nitrogens is 2. The van der Waals surface area contributed by atoms with E-state index in [1.54, 1.807) is 18.7 Å². The quantitative estimate of drug-likeness (QED) is 0.270. The summed E-state index contributed by atoms with van der Waals surface area (Å²) < 4.78 is 18.0. The van der Waals surface area contributed by atoms with E-state index >= 15 is 0 Å².